The van der Waals surface area contributed by atoms with E-state index >= 15 is 0 Å². The molecular weight excluding hydrogens is 256 g/mol. The number of para-hydroxylation sites is 1. The summed E-state index contributed by atoms with van der Waals surface area (Å²) in [6, 6.07) is 8.94. The van der Waals surface area contributed by atoms with Crippen molar-refractivity contribution in [3.05, 3.63) is 40.6 Å². The third-order valence-electron chi connectivity index (χ3n) is 3.35. The molecule has 0 unspecified atom stereocenters. The van der Waals surface area contributed by atoms with E-state index in [9.17, 15) is 4.79 Å². The van der Waals surface area contributed by atoms with E-state index < -0.39 is 0 Å². The number of aromatic amines is 1. The molecule has 0 fully saturated rings. The first kappa shape index (κ1) is 12.3. The number of rotatable bonds is 2. The molecule has 0 aliphatic heterocycles. The summed E-state index contributed by atoms with van der Waals surface area (Å²) < 4.78 is 10.6. The van der Waals surface area contributed by atoms with Crippen molar-refractivity contribution in [3.8, 4) is 11.5 Å². The Labute approximate surface area is 114 Å². The maximum Gasteiger partial charge on any atom is 0.201 e. The molecule has 0 saturated carbocycles. The van der Waals surface area contributed by atoms with E-state index in [-0.39, 0.29) is 5.43 Å². The Hall–Kier alpha value is -2.69. The molecule has 0 radical (unpaired) electrons. The van der Waals surface area contributed by atoms with E-state index in [2.05, 4.69) is 4.98 Å². The molecule has 20 heavy (non-hydrogen) atoms. The molecule has 0 atom stereocenters. The predicted molar refractivity (Wildman–Crippen MR) is 79.6 cm³/mol. The summed E-state index contributed by atoms with van der Waals surface area (Å²) in [4.78, 5) is 15.9. The number of fused-ring (bicyclic) bond motifs is 2. The van der Waals surface area contributed by atoms with Crippen LogP contribution in [0, 0.1) is 0 Å². The average molecular weight is 270 g/mol. The number of nitrogen functional groups attached to an aromatic ring is 1. The van der Waals surface area contributed by atoms with Gasteiger partial charge in [0.25, 0.3) is 0 Å². The van der Waals surface area contributed by atoms with Crippen LogP contribution < -0.4 is 20.6 Å². The van der Waals surface area contributed by atoms with Crippen LogP contribution in [0.3, 0.4) is 0 Å². The van der Waals surface area contributed by atoms with Crippen LogP contribution in [0.1, 0.15) is 0 Å². The molecule has 1 heterocycles. The number of benzene rings is 2. The third-order valence-corrected chi connectivity index (χ3v) is 3.35. The Balaban J connectivity index is 2.63. The van der Waals surface area contributed by atoms with Crippen LogP contribution in [0.15, 0.2) is 35.1 Å². The highest BCUT2D eigenvalue weighted by molar-refractivity contribution is 6.01. The van der Waals surface area contributed by atoms with Gasteiger partial charge >= 0.3 is 0 Å². The number of hydrogen-bond donors (Lipinski definition) is 2. The number of methoxy groups -OCH3 is 2. The molecule has 0 aliphatic carbocycles. The van der Waals surface area contributed by atoms with Gasteiger partial charge in [0.15, 0.2) is 5.75 Å². The van der Waals surface area contributed by atoms with E-state index in [1.54, 1.807) is 12.1 Å². The molecule has 5 nitrogen and oxygen atoms in total. The molecule has 3 N–H and O–H groups in total. The fourth-order valence-electron chi connectivity index (χ4n) is 2.44. The van der Waals surface area contributed by atoms with E-state index in [0.717, 1.165) is 5.52 Å². The highest BCUT2D eigenvalue weighted by Crippen LogP contribution is 2.36. The van der Waals surface area contributed by atoms with Crippen molar-refractivity contribution in [3.63, 3.8) is 0 Å². The summed E-state index contributed by atoms with van der Waals surface area (Å²) in [5.74, 6) is 0.883. The zero-order valence-electron chi connectivity index (χ0n) is 11.2. The molecule has 102 valence electrons. The quantitative estimate of drug-likeness (QED) is 0.553. The molecular formula is C15H14N2O3. The van der Waals surface area contributed by atoms with Crippen LogP contribution in [0.4, 0.5) is 5.69 Å². The smallest absolute Gasteiger partial charge is 0.201 e. The number of ether oxygens (including phenoxy) is 2. The molecule has 3 rings (SSSR count). The summed E-state index contributed by atoms with van der Waals surface area (Å²) in [6.45, 7) is 0. The topological polar surface area (TPSA) is 77.3 Å². The fraction of sp³-hybridized carbons (Fsp3) is 0.133. The predicted octanol–water partition coefficient (Wildman–Crippen LogP) is 2.28. The number of aromatic nitrogens is 1. The highest BCUT2D eigenvalue weighted by Gasteiger charge is 2.17. The van der Waals surface area contributed by atoms with Crippen LogP contribution in [-0.4, -0.2) is 19.2 Å². The summed E-state index contributed by atoms with van der Waals surface area (Å²) in [5.41, 5.74) is 7.50. The van der Waals surface area contributed by atoms with Gasteiger partial charge in [-0.15, -0.1) is 0 Å². The van der Waals surface area contributed by atoms with Crippen molar-refractivity contribution in [1.29, 1.82) is 0 Å². The highest BCUT2D eigenvalue weighted by atomic mass is 16.5. The van der Waals surface area contributed by atoms with Gasteiger partial charge in [-0.05, 0) is 12.1 Å². The van der Waals surface area contributed by atoms with Crippen molar-refractivity contribution in [2.24, 2.45) is 0 Å². The SMILES string of the molecule is COc1cc(N)c(OC)c2c(=O)c3ccccc3[nH]c12. The molecule has 2 aromatic carbocycles. The first-order chi connectivity index (χ1) is 9.67. The standard InChI is InChI=1S/C15H14N2O3/c1-19-11-7-9(16)15(20-2)12-13(11)17-10-6-4-3-5-8(10)14(12)18/h3-7H,16H2,1-2H3,(H,17,18). The second kappa shape index (κ2) is 4.45. The normalized spacial score (nSPS) is 10.9. The Morgan fingerprint density at radius 3 is 2.60 bits per heavy atom. The number of H-pyrrole nitrogens is 1. The van der Waals surface area contributed by atoms with Gasteiger partial charge in [0.1, 0.15) is 5.75 Å². The van der Waals surface area contributed by atoms with Crippen LogP contribution in [0.5, 0.6) is 11.5 Å². The van der Waals surface area contributed by atoms with Crippen LogP contribution in [0.25, 0.3) is 21.8 Å². The monoisotopic (exact) mass is 270 g/mol. The first-order valence-corrected chi connectivity index (χ1v) is 6.12. The summed E-state index contributed by atoms with van der Waals surface area (Å²) in [5, 5.41) is 0.994. The van der Waals surface area contributed by atoms with E-state index in [0.29, 0.717) is 33.5 Å². The Morgan fingerprint density at radius 1 is 1.15 bits per heavy atom. The number of anilines is 1. The molecule has 0 saturated heterocycles. The lowest BCUT2D eigenvalue weighted by Gasteiger charge is -2.13. The number of nitrogens with one attached hydrogen (secondary N) is 1. The zero-order valence-corrected chi connectivity index (χ0v) is 11.2. The third kappa shape index (κ3) is 1.60. The van der Waals surface area contributed by atoms with E-state index in [4.69, 9.17) is 15.2 Å². The fourth-order valence-corrected chi connectivity index (χ4v) is 2.44. The van der Waals surface area contributed by atoms with Gasteiger partial charge in [-0.25, -0.2) is 0 Å². The van der Waals surface area contributed by atoms with Crippen LogP contribution >= 0.6 is 0 Å². The molecule has 0 aliphatic rings. The number of hydrogen-bond acceptors (Lipinski definition) is 4. The number of pyridine rings is 1. The lowest BCUT2D eigenvalue weighted by molar-refractivity contribution is 0.411. The van der Waals surface area contributed by atoms with Gasteiger partial charge in [0, 0.05) is 17.0 Å². The van der Waals surface area contributed by atoms with Crippen molar-refractivity contribution in [2.45, 2.75) is 0 Å². The van der Waals surface area contributed by atoms with Crippen LogP contribution in [0.2, 0.25) is 0 Å². The average Bonchev–Trinajstić information content (AvgIpc) is 2.47. The van der Waals surface area contributed by atoms with E-state index in [1.807, 2.05) is 18.2 Å². The minimum atomic E-state index is -0.128. The van der Waals surface area contributed by atoms with Gasteiger partial charge in [-0.2, -0.15) is 0 Å². The summed E-state index contributed by atoms with van der Waals surface area (Å²) >= 11 is 0. The Bertz CT molecular complexity index is 868. The molecule has 3 aromatic rings. The van der Waals surface area contributed by atoms with Gasteiger partial charge < -0.3 is 20.2 Å². The maximum absolute atomic E-state index is 12.7. The van der Waals surface area contributed by atoms with Crippen molar-refractivity contribution in [1.82, 2.24) is 4.98 Å². The first-order valence-electron chi connectivity index (χ1n) is 6.12. The molecule has 5 heteroatoms. The van der Waals surface area contributed by atoms with Crippen molar-refractivity contribution in [2.75, 3.05) is 20.0 Å². The van der Waals surface area contributed by atoms with Gasteiger partial charge in [0.05, 0.1) is 30.8 Å². The van der Waals surface area contributed by atoms with Crippen molar-refractivity contribution >= 4 is 27.5 Å². The second-order valence-electron chi connectivity index (χ2n) is 4.45. The second-order valence-corrected chi connectivity index (χ2v) is 4.45. The molecule has 0 bridgehead atoms. The lowest BCUT2D eigenvalue weighted by atomic mass is 10.1. The van der Waals surface area contributed by atoms with Crippen molar-refractivity contribution < 1.29 is 9.47 Å². The lowest BCUT2D eigenvalue weighted by Crippen LogP contribution is -2.08. The largest absolute Gasteiger partial charge is 0.494 e. The zero-order chi connectivity index (χ0) is 14.3. The van der Waals surface area contributed by atoms with Crippen LogP contribution in [-0.2, 0) is 0 Å². The minimum Gasteiger partial charge on any atom is -0.494 e. The minimum absolute atomic E-state index is 0.128. The molecule has 0 spiro atoms. The molecule has 1 aromatic heterocycles. The number of nitrogens with two attached hydrogens (primary N) is 1. The van der Waals surface area contributed by atoms with E-state index in [1.165, 1.54) is 14.2 Å². The summed E-state index contributed by atoms with van der Waals surface area (Å²) in [7, 11) is 3.03. The van der Waals surface area contributed by atoms with Gasteiger partial charge in [0.2, 0.25) is 5.43 Å². The Kier molecular flexibility index (Phi) is 2.75. The molecule has 0 amide bonds. The van der Waals surface area contributed by atoms with Gasteiger partial charge in [-0.1, -0.05) is 12.1 Å². The van der Waals surface area contributed by atoms with Gasteiger partial charge in [-0.3, -0.25) is 4.79 Å². The maximum atomic E-state index is 12.7. The Morgan fingerprint density at radius 2 is 1.90 bits per heavy atom. The summed E-state index contributed by atoms with van der Waals surface area (Å²) in [6.07, 6.45) is 0.